The van der Waals surface area contributed by atoms with Crippen molar-refractivity contribution in [3.63, 3.8) is 0 Å². The third kappa shape index (κ3) is 0.965. The molecule has 4 heteroatoms. The normalized spacial score (nSPS) is 41.1. The summed E-state index contributed by atoms with van der Waals surface area (Å²) in [7, 11) is 0. The van der Waals surface area contributed by atoms with Crippen molar-refractivity contribution in [3.8, 4) is 0 Å². The molecule has 0 aromatic heterocycles. The Balaban J connectivity index is 2.19. The maximum atomic E-state index is 12.8. The van der Waals surface area contributed by atoms with Crippen LogP contribution >= 0.6 is 0 Å². The molecule has 0 amide bonds. The van der Waals surface area contributed by atoms with Crippen LogP contribution in [0.15, 0.2) is 0 Å². The number of carbonyl (C=O) groups is 1. The van der Waals surface area contributed by atoms with E-state index in [0.717, 1.165) is 0 Å². The van der Waals surface area contributed by atoms with Gasteiger partial charge in [0.05, 0.1) is 12.0 Å². The number of hydrogen-bond donors (Lipinski definition) is 0. The molecule has 2 aliphatic rings. The molecule has 1 saturated carbocycles. The van der Waals surface area contributed by atoms with E-state index < -0.39 is 24.6 Å². The minimum Gasteiger partial charge on any atom is -0.371 e. The molecule has 1 heterocycles. The van der Waals surface area contributed by atoms with E-state index in [2.05, 4.69) is 0 Å². The molecular formula is C7H8F2O2. The average molecular weight is 162 g/mol. The number of alkyl halides is 2. The van der Waals surface area contributed by atoms with Crippen molar-refractivity contribution in [2.75, 3.05) is 6.61 Å². The molecule has 0 spiro atoms. The Bertz CT molecular complexity index is 203. The Morgan fingerprint density at radius 1 is 1.45 bits per heavy atom. The number of Topliss-reactive ketones (excluding diaryl/α,β-unsaturated/α-hetero) is 1. The van der Waals surface area contributed by atoms with Gasteiger partial charge in [0, 0.05) is 12.8 Å². The first-order chi connectivity index (χ1) is 5.09. The number of ketones is 1. The van der Waals surface area contributed by atoms with Crippen LogP contribution in [-0.4, -0.2) is 24.4 Å². The smallest absolute Gasteiger partial charge is 0.276 e. The maximum absolute atomic E-state index is 12.8. The van der Waals surface area contributed by atoms with E-state index in [0.29, 0.717) is 0 Å². The van der Waals surface area contributed by atoms with Crippen molar-refractivity contribution in [2.24, 2.45) is 5.92 Å². The van der Waals surface area contributed by atoms with Crippen LogP contribution in [-0.2, 0) is 9.53 Å². The third-order valence-electron chi connectivity index (χ3n) is 2.36. The van der Waals surface area contributed by atoms with Gasteiger partial charge in [0.1, 0.15) is 12.4 Å². The largest absolute Gasteiger partial charge is 0.371 e. The summed E-state index contributed by atoms with van der Waals surface area (Å²) in [4.78, 5) is 10.7. The highest BCUT2D eigenvalue weighted by Crippen LogP contribution is 2.43. The fourth-order valence-corrected chi connectivity index (χ4v) is 1.75. The van der Waals surface area contributed by atoms with Gasteiger partial charge >= 0.3 is 0 Å². The lowest BCUT2D eigenvalue weighted by atomic mass is 10.0. The Hall–Kier alpha value is -0.510. The minimum atomic E-state index is -2.77. The lowest BCUT2D eigenvalue weighted by Crippen LogP contribution is -2.26. The van der Waals surface area contributed by atoms with Crippen molar-refractivity contribution in [2.45, 2.75) is 24.9 Å². The molecule has 1 aliphatic carbocycles. The van der Waals surface area contributed by atoms with Gasteiger partial charge in [0.25, 0.3) is 5.92 Å². The van der Waals surface area contributed by atoms with Crippen molar-refractivity contribution in [3.05, 3.63) is 0 Å². The number of fused-ring (bicyclic) bond motifs is 1. The van der Waals surface area contributed by atoms with Crippen LogP contribution in [0.5, 0.6) is 0 Å². The molecule has 11 heavy (non-hydrogen) atoms. The summed E-state index contributed by atoms with van der Waals surface area (Å²) < 4.78 is 30.4. The monoisotopic (exact) mass is 162 g/mol. The second-order valence-electron chi connectivity index (χ2n) is 3.16. The summed E-state index contributed by atoms with van der Waals surface area (Å²) in [5.41, 5.74) is 0. The fourth-order valence-electron chi connectivity index (χ4n) is 1.75. The summed E-state index contributed by atoms with van der Waals surface area (Å²) in [6.45, 7) is -0.504. The molecule has 0 unspecified atom stereocenters. The van der Waals surface area contributed by atoms with Gasteiger partial charge in [0.15, 0.2) is 0 Å². The van der Waals surface area contributed by atoms with Crippen LogP contribution in [0.4, 0.5) is 8.78 Å². The zero-order valence-corrected chi connectivity index (χ0v) is 5.85. The van der Waals surface area contributed by atoms with E-state index in [1.165, 1.54) is 0 Å². The second kappa shape index (κ2) is 2.00. The Morgan fingerprint density at radius 3 is 2.82 bits per heavy atom. The van der Waals surface area contributed by atoms with Gasteiger partial charge in [0.2, 0.25) is 0 Å². The third-order valence-corrected chi connectivity index (χ3v) is 2.36. The van der Waals surface area contributed by atoms with Crippen LogP contribution in [0.2, 0.25) is 0 Å². The van der Waals surface area contributed by atoms with E-state index in [9.17, 15) is 13.6 Å². The van der Waals surface area contributed by atoms with Gasteiger partial charge in [-0.3, -0.25) is 4.79 Å². The van der Waals surface area contributed by atoms with Crippen LogP contribution < -0.4 is 0 Å². The Labute approximate surface area is 62.5 Å². The molecule has 2 atom stereocenters. The Kier molecular flexibility index (Phi) is 1.30. The predicted octanol–water partition coefficient (Wildman–Crippen LogP) is 1.000. The van der Waals surface area contributed by atoms with Gasteiger partial charge in [-0.2, -0.15) is 0 Å². The zero-order chi connectivity index (χ0) is 8.06. The summed E-state index contributed by atoms with van der Waals surface area (Å²) in [6.07, 6.45) is -0.324. The first kappa shape index (κ1) is 7.16. The molecule has 2 rings (SSSR count). The summed E-state index contributed by atoms with van der Waals surface area (Å²) in [5, 5.41) is 0. The van der Waals surface area contributed by atoms with Crippen molar-refractivity contribution >= 4 is 5.78 Å². The molecule has 2 nitrogen and oxygen atoms in total. The molecule has 0 bridgehead atoms. The molecule has 0 radical (unpaired) electrons. The quantitative estimate of drug-likeness (QED) is 0.531. The summed E-state index contributed by atoms with van der Waals surface area (Å²) in [6, 6.07) is 0. The van der Waals surface area contributed by atoms with Crippen LogP contribution in [0, 0.1) is 5.92 Å². The maximum Gasteiger partial charge on any atom is 0.276 e. The zero-order valence-electron chi connectivity index (χ0n) is 5.85. The number of hydrogen-bond acceptors (Lipinski definition) is 2. The van der Waals surface area contributed by atoms with E-state index in [-0.39, 0.29) is 18.6 Å². The lowest BCUT2D eigenvalue weighted by molar-refractivity contribution is -0.120. The first-order valence-corrected chi connectivity index (χ1v) is 3.61. The molecule has 1 aliphatic heterocycles. The van der Waals surface area contributed by atoms with Gasteiger partial charge < -0.3 is 4.74 Å². The highest BCUT2D eigenvalue weighted by molar-refractivity contribution is 5.82. The van der Waals surface area contributed by atoms with Gasteiger partial charge in [-0.1, -0.05) is 0 Å². The van der Waals surface area contributed by atoms with Crippen molar-refractivity contribution < 1.29 is 18.3 Å². The average Bonchev–Trinajstić information content (AvgIpc) is 2.35. The highest BCUT2D eigenvalue weighted by atomic mass is 19.3. The van der Waals surface area contributed by atoms with Crippen molar-refractivity contribution in [1.82, 2.24) is 0 Å². The number of carbonyl (C=O) groups excluding carboxylic acids is 1. The molecule has 1 saturated heterocycles. The fraction of sp³-hybridized carbons (Fsp3) is 0.857. The lowest BCUT2D eigenvalue weighted by Gasteiger charge is -2.12. The molecule has 62 valence electrons. The van der Waals surface area contributed by atoms with Gasteiger partial charge in [-0.15, -0.1) is 0 Å². The predicted molar refractivity (Wildman–Crippen MR) is 32.4 cm³/mol. The highest BCUT2D eigenvalue weighted by Gasteiger charge is 2.55. The van der Waals surface area contributed by atoms with E-state index >= 15 is 0 Å². The molecule has 2 fully saturated rings. The first-order valence-electron chi connectivity index (χ1n) is 3.61. The van der Waals surface area contributed by atoms with Crippen LogP contribution in [0.3, 0.4) is 0 Å². The molecule has 0 N–H and O–H groups in total. The van der Waals surface area contributed by atoms with Crippen LogP contribution in [0.25, 0.3) is 0 Å². The van der Waals surface area contributed by atoms with Crippen molar-refractivity contribution in [1.29, 1.82) is 0 Å². The Morgan fingerprint density at radius 2 is 2.18 bits per heavy atom. The van der Waals surface area contributed by atoms with Crippen LogP contribution in [0.1, 0.15) is 12.8 Å². The second-order valence-corrected chi connectivity index (χ2v) is 3.16. The standard InChI is InChI=1S/C7H8F2O2/c8-7(9)3-11-6-2-4(10)1-5(6)7/h5-6H,1-3H2/t5-,6+/m1/s1. The number of halogens is 2. The molecular weight excluding hydrogens is 154 g/mol. The number of rotatable bonds is 0. The number of ether oxygens (including phenoxy) is 1. The van der Waals surface area contributed by atoms with E-state index in [1.807, 2.05) is 0 Å². The minimum absolute atomic E-state index is 0.00231. The van der Waals surface area contributed by atoms with E-state index in [1.54, 1.807) is 0 Å². The van der Waals surface area contributed by atoms with Gasteiger partial charge in [-0.05, 0) is 0 Å². The van der Waals surface area contributed by atoms with Gasteiger partial charge in [-0.25, -0.2) is 8.78 Å². The molecule has 0 aromatic carbocycles. The summed E-state index contributed by atoms with van der Waals surface area (Å²) in [5.74, 6) is -3.70. The SMILES string of the molecule is O=C1C[C@@H]2OCC(F)(F)[C@@H]2C1. The van der Waals surface area contributed by atoms with E-state index in [4.69, 9.17) is 4.74 Å². The summed E-state index contributed by atoms with van der Waals surface area (Å²) >= 11 is 0. The topological polar surface area (TPSA) is 26.3 Å². The molecule has 0 aromatic rings.